The first-order valence-corrected chi connectivity index (χ1v) is 13.6. The molecule has 0 aliphatic rings. The van der Waals surface area contributed by atoms with E-state index in [2.05, 4.69) is 5.32 Å². The summed E-state index contributed by atoms with van der Waals surface area (Å²) in [6.07, 6.45) is 0.566. The van der Waals surface area contributed by atoms with Crippen LogP contribution in [-0.4, -0.2) is 35.6 Å². The van der Waals surface area contributed by atoms with E-state index in [1.165, 1.54) is 0 Å². The van der Waals surface area contributed by atoms with Crippen molar-refractivity contribution >= 4 is 56.7 Å². The van der Waals surface area contributed by atoms with Gasteiger partial charge in [0.15, 0.2) is 0 Å². The van der Waals surface area contributed by atoms with Gasteiger partial charge in [-0.05, 0) is 62.6 Å². The van der Waals surface area contributed by atoms with Crippen molar-refractivity contribution in [1.29, 1.82) is 0 Å². The molecule has 4 aromatic rings. The standard InChI is InChI=1S/C29H29ClN2O5S/c1-5-32-22-13-12-20(30)16-21(22)17(3)24(32)26(33)31-27-23(28(34)36-6-2)18(4)25(38-27)29(35)37-15-14-19-10-8-7-9-11-19/h7-13,16H,5-6,14-15H2,1-4H3,(H,31,33). The van der Waals surface area contributed by atoms with Crippen LogP contribution in [0.2, 0.25) is 5.02 Å². The van der Waals surface area contributed by atoms with Crippen LogP contribution in [0.4, 0.5) is 5.00 Å². The number of nitrogens with zero attached hydrogens (tertiary/aromatic N) is 1. The third kappa shape index (κ3) is 5.47. The molecule has 0 saturated carbocycles. The van der Waals surface area contributed by atoms with Gasteiger partial charge in [-0.2, -0.15) is 0 Å². The zero-order valence-corrected chi connectivity index (χ0v) is 23.3. The Balaban J connectivity index is 1.64. The summed E-state index contributed by atoms with van der Waals surface area (Å²) < 4.78 is 12.7. The molecule has 0 fully saturated rings. The maximum atomic E-state index is 13.6. The van der Waals surface area contributed by atoms with Crippen molar-refractivity contribution in [3.8, 4) is 0 Å². The number of thiophene rings is 1. The number of aromatic nitrogens is 1. The molecule has 2 heterocycles. The Bertz CT molecular complexity index is 1510. The molecule has 38 heavy (non-hydrogen) atoms. The number of fused-ring (bicyclic) bond motifs is 1. The molecule has 1 amide bonds. The number of amides is 1. The molecule has 0 unspecified atom stereocenters. The first-order valence-electron chi connectivity index (χ1n) is 12.4. The van der Waals surface area contributed by atoms with Crippen LogP contribution in [0.5, 0.6) is 0 Å². The number of esters is 2. The van der Waals surface area contributed by atoms with Gasteiger partial charge in [0.2, 0.25) is 0 Å². The Morgan fingerprint density at radius 2 is 1.71 bits per heavy atom. The highest BCUT2D eigenvalue weighted by Gasteiger charge is 2.29. The predicted molar refractivity (Wildman–Crippen MR) is 151 cm³/mol. The van der Waals surface area contributed by atoms with E-state index in [9.17, 15) is 14.4 Å². The molecule has 7 nitrogen and oxygen atoms in total. The highest BCUT2D eigenvalue weighted by atomic mass is 35.5. The van der Waals surface area contributed by atoms with E-state index in [1.54, 1.807) is 19.9 Å². The molecule has 1 N–H and O–H groups in total. The number of hydrogen-bond donors (Lipinski definition) is 1. The van der Waals surface area contributed by atoms with E-state index in [0.717, 1.165) is 33.4 Å². The lowest BCUT2D eigenvalue weighted by Gasteiger charge is -2.10. The number of hydrogen-bond acceptors (Lipinski definition) is 6. The van der Waals surface area contributed by atoms with E-state index in [-0.39, 0.29) is 28.7 Å². The van der Waals surface area contributed by atoms with Gasteiger partial charge in [-0.15, -0.1) is 11.3 Å². The van der Waals surface area contributed by atoms with Gasteiger partial charge in [0.25, 0.3) is 5.91 Å². The molecule has 2 aromatic heterocycles. The fourth-order valence-corrected chi connectivity index (χ4v) is 5.75. The van der Waals surface area contributed by atoms with Gasteiger partial charge in [-0.1, -0.05) is 41.9 Å². The monoisotopic (exact) mass is 552 g/mol. The van der Waals surface area contributed by atoms with Crippen LogP contribution < -0.4 is 5.32 Å². The van der Waals surface area contributed by atoms with E-state index in [4.69, 9.17) is 21.1 Å². The lowest BCUT2D eigenvalue weighted by Crippen LogP contribution is -2.19. The van der Waals surface area contributed by atoms with Crippen LogP contribution >= 0.6 is 22.9 Å². The second kappa shape index (κ2) is 11.8. The first kappa shape index (κ1) is 27.4. The number of benzene rings is 2. The Kier molecular flexibility index (Phi) is 8.54. The zero-order chi connectivity index (χ0) is 27.4. The number of carbonyl (C=O) groups excluding carboxylic acids is 3. The molecule has 0 bridgehead atoms. The lowest BCUT2D eigenvalue weighted by molar-refractivity contribution is 0.0514. The molecule has 0 radical (unpaired) electrons. The van der Waals surface area contributed by atoms with Crippen molar-refractivity contribution in [3.63, 3.8) is 0 Å². The Hall–Kier alpha value is -3.62. The normalized spacial score (nSPS) is 11.0. The molecule has 0 atom stereocenters. The van der Waals surface area contributed by atoms with Crippen molar-refractivity contribution in [1.82, 2.24) is 4.57 Å². The number of aryl methyl sites for hydroxylation is 2. The molecular formula is C29H29ClN2O5S. The zero-order valence-electron chi connectivity index (χ0n) is 21.7. The number of carbonyl (C=O) groups is 3. The second-order valence-electron chi connectivity index (χ2n) is 8.69. The summed E-state index contributed by atoms with van der Waals surface area (Å²) in [6, 6.07) is 15.2. The lowest BCUT2D eigenvalue weighted by atomic mass is 10.1. The van der Waals surface area contributed by atoms with Gasteiger partial charge < -0.3 is 19.4 Å². The molecule has 9 heteroatoms. The maximum absolute atomic E-state index is 13.6. The van der Waals surface area contributed by atoms with Gasteiger partial charge in [-0.3, -0.25) is 4.79 Å². The van der Waals surface area contributed by atoms with Crippen molar-refractivity contribution in [3.05, 3.63) is 86.4 Å². The van der Waals surface area contributed by atoms with Gasteiger partial charge in [-0.25, -0.2) is 9.59 Å². The van der Waals surface area contributed by atoms with Crippen molar-refractivity contribution < 1.29 is 23.9 Å². The highest BCUT2D eigenvalue weighted by Crippen LogP contribution is 2.36. The van der Waals surface area contributed by atoms with Gasteiger partial charge in [0, 0.05) is 28.9 Å². The largest absolute Gasteiger partial charge is 0.462 e. The summed E-state index contributed by atoms with van der Waals surface area (Å²) >= 11 is 7.22. The molecule has 0 aliphatic carbocycles. The van der Waals surface area contributed by atoms with Crippen molar-refractivity contribution in [2.75, 3.05) is 18.5 Å². The molecule has 0 spiro atoms. The maximum Gasteiger partial charge on any atom is 0.348 e. The highest BCUT2D eigenvalue weighted by molar-refractivity contribution is 7.18. The number of ether oxygens (including phenoxy) is 2. The van der Waals surface area contributed by atoms with Crippen molar-refractivity contribution in [2.45, 2.75) is 40.7 Å². The minimum absolute atomic E-state index is 0.153. The molecule has 0 saturated heterocycles. The SMILES string of the molecule is CCOC(=O)c1c(NC(=O)c2c(C)c3cc(Cl)ccc3n2CC)sc(C(=O)OCCc2ccccc2)c1C. The fourth-order valence-electron chi connectivity index (χ4n) is 4.50. The quantitative estimate of drug-likeness (QED) is 0.230. The van der Waals surface area contributed by atoms with E-state index in [0.29, 0.717) is 29.2 Å². The van der Waals surface area contributed by atoms with Crippen LogP contribution in [0.3, 0.4) is 0 Å². The predicted octanol–water partition coefficient (Wildman–Crippen LogP) is 6.82. The Labute approximate surface area is 230 Å². The van der Waals surface area contributed by atoms with E-state index < -0.39 is 17.8 Å². The first-order chi connectivity index (χ1) is 18.3. The number of rotatable bonds is 9. The van der Waals surface area contributed by atoms with E-state index in [1.807, 2.05) is 60.9 Å². The Morgan fingerprint density at radius 3 is 2.39 bits per heavy atom. The van der Waals surface area contributed by atoms with Crippen LogP contribution in [0, 0.1) is 13.8 Å². The van der Waals surface area contributed by atoms with Crippen LogP contribution in [0.15, 0.2) is 48.5 Å². The van der Waals surface area contributed by atoms with Crippen LogP contribution in [0.25, 0.3) is 10.9 Å². The third-order valence-corrected chi connectivity index (χ3v) is 7.74. The molecule has 0 aliphatic heterocycles. The molecular weight excluding hydrogens is 524 g/mol. The van der Waals surface area contributed by atoms with Gasteiger partial charge >= 0.3 is 11.9 Å². The summed E-state index contributed by atoms with van der Waals surface area (Å²) in [5, 5.41) is 4.57. The van der Waals surface area contributed by atoms with Gasteiger partial charge in [0.1, 0.15) is 15.6 Å². The number of anilines is 1. The summed E-state index contributed by atoms with van der Waals surface area (Å²) in [6.45, 7) is 8.07. The smallest absolute Gasteiger partial charge is 0.348 e. The summed E-state index contributed by atoms with van der Waals surface area (Å²) in [5.41, 5.74) is 3.72. The minimum Gasteiger partial charge on any atom is -0.462 e. The topological polar surface area (TPSA) is 86.6 Å². The van der Waals surface area contributed by atoms with E-state index >= 15 is 0 Å². The number of halogens is 1. The molecule has 4 rings (SSSR count). The average molecular weight is 553 g/mol. The summed E-state index contributed by atoms with van der Waals surface area (Å²) in [7, 11) is 0. The van der Waals surface area contributed by atoms with Crippen LogP contribution in [-0.2, 0) is 22.4 Å². The molecule has 2 aromatic carbocycles. The Morgan fingerprint density at radius 1 is 0.974 bits per heavy atom. The second-order valence-corrected chi connectivity index (χ2v) is 10.1. The molecule has 198 valence electrons. The average Bonchev–Trinajstić information content (AvgIpc) is 3.37. The van der Waals surface area contributed by atoms with Gasteiger partial charge in [0.05, 0.1) is 18.8 Å². The summed E-state index contributed by atoms with van der Waals surface area (Å²) in [4.78, 5) is 39.7. The van der Waals surface area contributed by atoms with Crippen molar-refractivity contribution in [2.24, 2.45) is 0 Å². The summed E-state index contributed by atoms with van der Waals surface area (Å²) in [5.74, 6) is -1.56. The number of nitrogens with one attached hydrogen (secondary N) is 1. The third-order valence-electron chi connectivity index (χ3n) is 6.32. The fraction of sp³-hybridized carbons (Fsp3) is 0.276. The minimum atomic E-state index is -0.612. The van der Waals surface area contributed by atoms with Crippen LogP contribution in [0.1, 0.15) is 61.1 Å².